The van der Waals surface area contributed by atoms with Crippen LogP contribution in [0.4, 0.5) is 4.39 Å². The Morgan fingerprint density at radius 3 is 2.68 bits per heavy atom. The van der Waals surface area contributed by atoms with Crippen molar-refractivity contribution in [3.63, 3.8) is 0 Å². The van der Waals surface area contributed by atoms with E-state index in [4.69, 9.17) is 5.14 Å². The maximum Gasteiger partial charge on any atom is 0.210 e. The number of nitrogens with two attached hydrogens (primary N) is 1. The van der Waals surface area contributed by atoms with Gasteiger partial charge in [0.05, 0.1) is 18.3 Å². The number of nitrogens with zero attached hydrogens (tertiary/aromatic N) is 1. The molecule has 0 saturated heterocycles. The molecule has 8 heteroatoms. The van der Waals surface area contributed by atoms with Crippen molar-refractivity contribution in [2.24, 2.45) is 10.1 Å². The molecule has 1 rings (SSSR count). The molecule has 0 radical (unpaired) electrons. The number of hydrogen-bond acceptors (Lipinski definition) is 3. The van der Waals surface area contributed by atoms with E-state index < -0.39 is 10.0 Å². The Bertz CT molecular complexity index is 632. The third kappa shape index (κ3) is 6.40. The third-order valence-electron chi connectivity index (χ3n) is 3.04. The van der Waals surface area contributed by atoms with Gasteiger partial charge in [0.2, 0.25) is 10.0 Å². The summed E-state index contributed by atoms with van der Waals surface area (Å²) in [6.07, 6.45) is 0. The molecule has 0 spiro atoms. The van der Waals surface area contributed by atoms with Gasteiger partial charge in [-0.25, -0.2) is 17.9 Å². The average molecular weight is 330 g/mol. The van der Waals surface area contributed by atoms with Crippen LogP contribution < -0.4 is 15.8 Å². The normalized spacial score (nSPS) is 13.8. The highest BCUT2D eigenvalue weighted by Gasteiger charge is 2.10. The van der Waals surface area contributed by atoms with Gasteiger partial charge in [-0.05, 0) is 38.0 Å². The summed E-state index contributed by atoms with van der Waals surface area (Å²) in [6.45, 7) is 6.15. The van der Waals surface area contributed by atoms with E-state index in [1.807, 2.05) is 19.9 Å². The zero-order valence-corrected chi connectivity index (χ0v) is 13.9. The molecule has 1 atom stereocenters. The van der Waals surface area contributed by atoms with Gasteiger partial charge < -0.3 is 10.6 Å². The molecule has 6 nitrogen and oxygen atoms in total. The summed E-state index contributed by atoms with van der Waals surface area (Å²) in [4.78, 5) is 4.15. The second-order valence-corrected chi connectivity index (χ2v) is 6.74. The number of hydrogen-bond donors (Lipinski definition) is 3. The number of benzene rings is 1. The lowest BCUT2D eigenvalue weighted by atomic mass is 10.1. The van der Waals surface area contributed by atoms with E-state index in [-0.39, 0.29) is 24.2 Å². The van der Waals surface area contributed by atoms with Crippen molar-refractivity contribution >= 4 is 16.0 Å². The van der Waals surface area contributed by atoms with Crippen LogP contribution in [-0.2, 0) is 10.0 Å². The SMILES string of the molecule is CCNC(=NCCS(N)(=O)=O)NC(C)c1ccc(C)c(F)c1. The number of rotatable bonds is 6. The molecular weight excluding hydrogens is 307 g/mol. The van der Waals surface area contributed by atoms with Gasteiger partial charge in [0.25, 0.3) is 0 Å². The van der Waals surface area contributed by atoms with Crippen LogP contribution in [0.25, 0.3) is 0 Å². The van der Waals surface area contributed by atoms with Crippen molar-refractivity contribution in [2.45, 2.75) is 26.8 Å². The number of halogens is 1. The quantitative estimate of drug-likeness (QED) is 0.536. The third-order valence-corrected chi connectivity index (χ3v) is 3.79. The second kappa shape index (κ2) is 8.09. The highest BCUT2D eigenvalue weighted by atomic mass is 32.2. The van der Waals surface area contributed by atoms with Crippen LogP contribution in [0.5, 0.6) is 0 Å². The second-order valence-electron chi connectivity index (χ2n) is 5.00. The predicted octanol–water partition coefficient (Wildman–Crippen LogP) is 1.04. The van der Waals surface area contributed by atoms with Crippen LogP contribution in [0.1, 0.15) is 31.0 Å². The number of sulfonamides is 1. The van der Waals surface area contributed by atoms with Crippen LogP contribution >= 0.6 is 0 Å². The van der Waals surface area contributed by atoms with E-state index in [2.05, 4.69) is 15.6 Å². The maximum atomic E-state index is 13.6. The summed E-state index contributed by atoms with van der Waals surface area (Å²) in [5, 5.41) is 11.0. The Hall–Kier alpha value is -1.67. The molecule has 0 bridgehead atoms. The van der Waals surface area contributed by atoms with Crippen LogP contribution in [0.2, 0.25) is 0 Å². The first-order valence-corrected chi connectivity index (χ1v) is 8.76. The molecule has 0 heterocycles. The molecule has 1 unspecified atom stereocenters. The van der Waals surface area contributed by atoms with Gasteiger partial charge >= 0.3 is 0 Å². The first-order chi connectivity index (χ1) is 10.2. The minimum absolute atomic E-state index is 0.0587. The lowest BCUT2D eigenvalue weighted by Gasteiger charge is -2.18. The lowest BCUT2D eigenvalue weighted by molar-refractivity contribution is 0.597. The summed E-state index contributed by atoms with van der Waals surface area (Å²) in [5.41, 5.74) is 1.37. The van der Waals surface area contributed by atoms with Gasteiger partial charge in [-0.2, -0.15) is 0 Å². The highest BCUT2D eigenvalue weighted by molar-refractivity contribution is 7.89. The summed E-state index contributed by atoms with van der Waals surface area (Å²) < 4.78 is 35.4. The molecule has 0 fully saturated rings. The molecule has 1 aromatic carbocycles. The Kier molecular flexibility index (Phi) is 6.76. The standard InChI is InChI=1S/C14H23FN4O2S/c1-4-17-14(18-7-8-22(16,20)21)19-11(3)12-6-5-10(2)13(15)9-12/h5-6,9,11H,4,7-8H2,1-3H3,(H2,16,20,21)(H2,17,18,19). The van der Waals surface area contributed by atoms with Crippen molar-refractivity contribution in [2.75, 3.05) is 18.8 Å². The number of aliphatic imine (C=N–C) groups is 1. The molecule has 0 amide bonds. The van der Waals surface area contributed by atoms with Gasteiger partial charge in [0, 0.05) is 6.54 Å². The first kappa shape index (κ1) is 18.4. The monoisotopic (exact) mass is 330 g/mol. The van der Waals surface area contributed by atoms with E-state index in [1.165, 1.54) is 6.07 Å². The van der Waals surface area contributed by atoms with Crippen molar-refractivity contribution in [3.8, 4) is 0 Å². The number of aryl methyl sites for hydroxylation is 1. The van der Waals surface area contributed by atoms with E-state index in [0.717, 1.165) is 5.56 Å². The fraction of sp³-hybridized carbons (Fsp3) is 0.500. The van der Waals surface area contributed by atoms with E-state index in [0.29, 0.717) is 18.1 Å². The molecule has 0 aromatic heterocycles. The molecule has 124 valence electrons. The number of primary sulfonamides is 1. The fourth-order valence-corrected chi connectivity index (χ4v) is 2.12. The van der Waals surface area contributed by atoms with E-state index in [1.54, 1.807) is 13.0 Å². The Morgan fingerprint density at radius 1 is 1.45 bits per heavy atom. The Labute approximate surface area is 131 Å². The zero-order valence-electron chi connectivity index (χ0n) is 13.1. The van der Waals surface area contributed by atoms with Crippen LogP contribution in [0.3, 0.4) is 0 Å². The van der Waals surface area contributed by atoms with Crippen molar-refractivity contribution in [1.29, 1.82) is 0 Å². The van der Waals surface area contributed by atoms with E-state index in [9.17, 15) is 12.8 Å². The molecular formula is C14H23FN4O2S. The zero-order chi connectivity index (χ0) is 16.8. The van der Waals surface area contributed by atoms with Crippen LogP contribution in [0, 0.1) is 12.7 Å². The maximum absolute atomic E-state index is 13.6. The highest BCUT2D eigenvalue weighted by Crippen LogP contribution is 2.16. The first-order valence-electron chi connectivity index (χ1n) is 7.04. The van der Waals surface area contributed by atoms with Crippen LogP contribution in [0.15, 0.2) is 23.2 Å². The Morgan fingerprint density at radius 2 is 2.14 bits per heavy atom. The van der Waals surface area contributed by atoms with Crippen molar-refractivity contribution < 1.29 is 12.8 Å². The molecule has 1 aromatic rings. The molecule has 22 heavy (non-hydrogen) atoms. The molecule has 0 aliphatic heterocycles. The molecule has 0 saturated carbocycles. The smallest absolute Gasteiger partial charge is 0.210 e. The van der Waals surface area contributed by atoms with Crippen molar-refractivity contribution in [1.82, 2.24) is 10.6 Å². The van der Waals surface area contributed by atoms with Gasteiger partial charge in [0.1, 0.15) is 5.82 Å². The largest absolute Gasteiger partial charge is 0.357 e. The number of guanidine groups is 1. The van der Waals surface area contributed by atoms with E-state index >= 15 is 0 Å². The summed E-state index contributed by atoms with van der Waals surface area (Å²) >= 11 is 0. The molecule has 0 aliphatic carbocycles. The summed E-state index contributed by atoms with van der Waals surface area (Å²) in [6, 6.07) is 4.85. The van der Waals surface area contributed by atoms with Crippen molar-refractivity contribution in [3.05, 3.63) is 35.1 Å². The minimum Gasteiger partial charge on any atom is -0.357 e. The average Bonchev–Trinajstić information content (AvgIpc) is 2.40. The van der Waals surface area contributed by atoms with Gasteiger partial charge in [-0.3, -0.25) is 4.99 Å². The molecule has 0 aliphatic rings. The number of nitrogens with one attached hydrogen (secondary N) is 2. The minimum atomic E-state index is -3.54. The summed E-state index contributed by atoms with van der Waals surface area (Å²) in [5.74, 6) is -0.0288. The molecule has 4 N–H and O–H groups in total. The summed E-state index contributed by atoms with van der Waals surface area (Å²) in [7, 11) is -3.54. The fourth-order valence-electron chi connectivity index (χ4n) is 1.77. The van der Waals surface area contributed by atoms with Gasteiger partial charge in [-0.15, -0.1) is 0 Å². The lowest BCUT2D eigenvalue weighted by Crippen LogP contribution is -2.39. The predicted molar refractivity (Wildman–Crippen MR) is 86.6 cm³/mol. The van der Waals surface area contributed by atoms with Gasteiger partial charge in [-0.1, -0.05) is 12.1 Å². The topological polar surface area (TPSA) is 96.6 Å². The van der Waals surface area contributed by atoms with Crippen LogP contribution in [-0.4, -0.2) is 33.2 Å². The Balaban J connectivity index is 2.76. The van der Waals surface area contributed by atoms with Gasteiger partial charge in [0.15, 0.2) is 5.96 Å².